The summed E-state index contributed by atoms with van der Waals surface area (Å²) in [5.41, 5.74) is 2.19. The molecule has 1 heterocycles. The van der Waals surface area contributed by atoms with E-state index in [1.165, 1.54) is 6.08 Å². The molecule has 3 rings (SSSR count). The van der Waals surface area contributed by atoms with E-state index in [0.717, 1.165) is 17.4 Å². The van der Waals surface area contributed by atoms with Crippen molar-refractivity contribution in [1.29, 1.82) is 0 Å². The Bertz CT molecular complexity index is 1140. The minimum atomic E-state index is -2.05. The van der Waals surface area contributed by atoms with Crippen LogP contribution in [0.25, 0.3) is 0 Å². The van der Waals surface area contributed by atoms with Crippen molar-refractivity contribution in [1.82, 2.24) is 0 Å². The van der Waals surface area contributed by atoms with Crippen LogP contribution in [-0.2, 0) is 41.4 Å². The van der Waals surface area contributed by atoms with Gasteiger partial charge in [-0.25, -0.2) is 0 Å². The number of rotatable bonds is 14. The van der Waals surface area contributed by atoms with Crippen molar-refractivity contribution in [3.05, 3.63) is 108 Å². The molecule has 7 heteroatoms. The van der Waals surface area contributed by atoms with Gasteiger partial charge in [-0.05, 0) is 35.7 Å². The van der Waals surface area contributed by atoms with E-state index in [1.54, 1.807) is 6.08 Å². The Morgan fingerprint density at radius 3 is 2.12 bits per heavy atom. The van der Waals surface area contributed by atoms with Gasteiger partial charge in [-0.15, -0.1) is 6.58 Å². The summed E-state index contributed by atoms with van der Waals surface area (Å²) in [6.07, 6.45) is 7.88. The number of aldehydes is 1. The highest BCUT2D eigenvalue weighted by Gasteiger charge is 2.38. The average molecular weight is 593 g/mol. The van der Waals surface area contributed by atoms with Crippen molar-refractivity contribution in [2.75, 3.05) is 13.2 Å². The summed E-state index contributed by atoms with van der Waals surface area (Å²) in [6, 6.07) is 20.2. The van der Waals surface area contributed by atoms with E-state index in [0.29, 0.717) is 38.4 Å². The van der Waals surface area contributed by atoms with Crippen molar-refractivity contribution in [3.8, 4) is 0 Å². The van der Waals surface area contributed by atoms with Crippen LogP contribution in [0.15, 0.2) is 97.3 Å². The second-order valence-corrected chi connectivity index (χ2v) is 16.9. The number of benzene rings is 2. The fourth-order valence-corrected chi connectivity index (χ4v) is 5.21. The van der Waals surface area contributed by atoms with Gasteiger partial charge >= 0.3 is 0 Å². The van der Waals surface area contributed by atoms with Crippen molar-refractivity contribution >= 4 is 14.6 Å². The molecule has 2 aromatic carbocycles. The van der Waals surface area contributed by atoms with E-state index in [1.807, 2.05) is 48.5 Å². The van der Waals surface area contributed by atoms with Crippen molar-refractivity contribution < 1.29 is 28.2 Å². The molecule has 42 heavy (non-hydrogen) atoms. The van der Waals surface area contributed by atoms with Crippen molar-refractivity contribution in [2.45, 2.75) is 89.4 Å². The zero-order valence-corrected chi connectivity index (χ0v) is 26.9. The van der Waals surface area contributed by atoms with E-state index < -0.39 is 20.5 Å². The fraction of sp³-hybridized carbons (Fsp3) is 0.457. The molecule has 0 N–H and O–H groups in total. The van der Waals surface area contributed by atoms with Gasteiger partial charge < -0.3 is 23.4 Å². The minimum absolute atomic E-state index is 0.0364. The summed E-state index contributed by atoms with van der Waals surface area (Å²) in [7, 11) is -2.05. The number of allylic oxidation sites excluding steroid dienone is 1. The highest BCUT2D eigenvalue weighted by atomic mass is 28.4. The first-order valence-corrected chi connectivity index (χ1v) is 17.7. The lowest BCUT2D eigenvalue weighted by Crippen LogP contribution is -2.42. The van der Waals surface area contributed by atoms with E-state index in [2.05, 4.69) is 64.7 Å². The molecule has 1 aliphatic heterocycles. The Hall–Kier alpha value is -2.81. The maximum Gasteiger partial charge on any atom is 0.192 e. The van der Waals surface area contributed by atoms with Gasteiger partial charge in [0.05, 0.1) is 32.5 Å². The molecule has 0 radical (unpaired) electrons. The Morgan fingerprint density at radius 2 is 1.55 bits per heavy atom. The highest BCUT2D eigenvalue weighted by Crippen LogP contribution is 2.37. The summed E-state index contributed by atoms with van der Waals surface area (Å²) in [6.45, 7) is 16.5. The molecule has 0 saturated heterocycles. The SMILES string of the molecule is C=C[C@@H]1O[C@H](COCc2ccccc2)[C@@H](OCc2ccccc2)C/C=C\C[C@H]1O/C(=C/C=O)CO[Si](C)(C)C(C)(C)C. The van der Waals surface area contributed by atoms with Crippen molar-refractivity contribution in [3.63, 3.8) is 0 Å². The third-order valence-electron chi connectivity index (χ3n) is 7.89. The molecule has 2 aromatic rings. The molecule has 228 valence electrons. The number of hydrogen-bond donors (Lipinski definition) is 0. The molecule has 0 fully saturated rings. The maximum atomic E-state index is 11.5. The second kappa shape index (κ2) is 16.7. The largest absolute Gasteiger partial charge is 0.489 e. The van der Waals surface area contributed by atoms with Gasteiger partial charge in [-0.2, -0.15) is 0 Å². The van der Waals surface area contributed by atoms with Crippen LogP contribution in [0.5, 0.6) is 0 Å². The molecule has 0 unspecified atom stereocenters. The third kappa shape index (κ3) is 10.8. The van der Waals surface area contributed by atoms with Crippen molar-refractivity contribution in [2.24, 2.45) is 0 Å². The van der Waals surface area contributed by atoms with Crippen LogP contribution in [0, 0.1) is 0 Å². The Morgan fingerprint density at radius 1 is 0.952 bits per heavy atom. The number of carbonyl (C=O) groups is 1. The van der Waals surface area contributed by atoms with Crippen LogP contribution in [-0.4, -0.2) is 52.2 Å². The predicted molar refractivity (Wildman–Crippen MR) is 171 cm³/mol. The van der Waals surface area contributed by atoms with Gasteiger partial charge in [-0.3, -0.25) is 4.79 Å². The van der Waals surface area contributed by atoms with E-state index in [9.17, 15) is 4.79 Å². The van der Waals surface area contributed by atoms with Crippen LogP contribution < -0.4 is 0 Å². The lowest BCUT2D eigenvalue weighted by atomic mass is 10.1. The first kappa shape index (κ1) is 33.7. The number of ether oxygens (including phenoxy) is 4. The summed E-state index contributed by atoms with van der Waals surface area (Å²) >= 11 is 0. The standard InChI is InChI=1S/C35H48O6Si/c1-7-31-33(40-30(22-23-36)26-39-42(5,6)35(2,3)4)21-15-14-20-32(38-25-29-18-12-9-13-19-29)34(41-31)27-37-24-28-16-10-8-11-17-28/h7-19,22-23,31-34H,1,20-21,24-27H2,2-6H3/b15-14-,30-22+/t31-,32-,33+,34+/m0/s1. The van der Waals surface area contributed by atoms with Crippen LogP contribution >= 0.6 is 0 Å². The second-order valence-electron chi connectivity index (χ2n) is 12.1. The molecule has 0 bridgehead atoms. The monoisotopic (exact) mass is 592 g/mol. The molecular formula is C35H48O6Si. The molecule has 6 nitrogen and oxygen atoms in total. The summed E-state index contributed by atoms with van der Waals surface area (Å²) in [4.78, 5) is 11.5. The van der Waals surface area contributed by atoms with E-state index in [-0.39, 0.29) is 23.9 Å². The molecule has 0 aromatic heterocycles. The minimum Gasteiger partial charge on any atom is -0.489 e. The molecular weight excluding hydrogens is 544 g/mol. The smallest absolute Gasteiger partial charge is 0.192 e. The number of hydrogen-bond acceptors (Lipinski definition) is 6. The highest BCUT2D eigenvalue weighted by molar-refractivity contribution is 6.74. The first-order chi connectivity index (χ1) is 20.1. The Kier molecular flexibility index (Phi) is 13.4. The van der Waals surface area contributed by atoms with Gasteiger partial charge in [0, 0.05) is 12.5 Å². The maximum absolute atomic E-state index is 11.5. The average Bonchev–Trinajstić information content (AvgIpc) is 3.05. The topological polar surface area (TPSA) is 63.2 Å². The van der Waals surface area contributed by atoms with Crippen LogP contribution in [0.3, 0.4) is 0 Å². The van der Waals surface area contributed by atoms with Gasteiger partial charge in [0.2, 0.25) is 0 Å². The molecule has 0 spiro atoms. The molecule has 1 aliphatic rings. The fourth-order valence-electron chi connectivity index (χ4n) is 4.27. The molecule has 0 aliphatic carbocycles. The molecule has 0 amide bonds. The van der Waals surface area contributed by atoms with Crippen LogP contribution in [0.1, 0.15) is 44.7 Å². The zero-order chi connectivity index (χ0) is 30.4. The first-order valence-electron chi connectivity index (χ1n) is 14.8. The quantitative estimate of drug-likeness (QED) is 0.0741. The normalized spacial score (nSPS) is 22.8. The molecule has 0 saturated carbocycles. The lowest BCUT2D eigenvalue weighted by Gasteiger charge is -2.37. The molecule has 4 atom stereocenters. The summed E-state index contributed by atoms with van der Waals surface area (Å²) in [5.74, 6) is 0.483. The van der Waals surface area contributed by atoms with Crippen LogP contribution in [0.2, 0.25) is 18.1 Å². The predicted octanol–water partition coefficient (Wildman–Crippen LogP) is 7.57. The number of carbonyl (C=O) groups excluding carboxylic acids is 1. The van der Waals surface area contributed by atoms with Crippen LogP contribution in [0.4, 0.5) is 0 Å². The van der Waals surface area contributed by atoms with Gasteiger partial charge in [0.15, 0.2) is 8.32 Å². The zero-order valence-electron chi connectivity index (χ0n) is 25.9. The summed E-state index contributed by atoms with van der Waals surface area (Å²) in [5, 5.41) is 0.0364. The Labute approximate surface area is 253 Å². The van der Waals surface area contributed by atoms with E-state index >= 15 is 0 Å². The third-order valence-corrected chi connectivity index (χ3v) is 12.4. The Balaban J connectivity index is 1.76. The lowest BCUT2D eigenvalue weighted by molar-refractivity contribution is -0.145. The van der Waals surface area contributed by atoms with Gasteiger partial charge in [0.1, 0.15) is 30.4 Å². The van der Waals surface area contributed by atoms with E-state index in [4.69, 9.17) is 23.4 Å². The summed E-state index contributed by atoms with van der Waals surface area (Å²) < 4.78 is 32.0. The van der Waals surface area contributed by atoms with Gasteiger partial charge in [-0.1, -0.05) is 99.7 Å². The van der Waals surface area contributed by atoms with Gasteiger partial charge in [0.25, 0.3) is 0 Å².